The number of nitrogens with two attached hydrogens (primary N) is 1. The number of nitrogens with zero attached hydrogens (tertiary/aromatic N) is 2. The maximum atomic E-state index is 13.4. The number of aliphatic hydroxyl groups excluding tert-OH is 2. The predicted octanol–water partition coefficient (Wildman–Crippen LogP) is 0.802. The van der Waals surface area contributed by atoms with Crippen LogP contribution in [0.2, 0.25) is 0 Å². The Morgan fingerprint density at radius 3 is 2.53 bits per heavy atom. The molecule has 0 aromatic heterocycles. The van der Waals surface area contributed by atoms with Crippen LogP contribution in [0.3, 0.4) is 0 Å². The first-order valence-corrected chi connectivity index (χ1v) is 10.0. The van der Waals surface area contributed by atoms with Crippen molar-refractivity contribution in [3.05, 3.63) is 45.9 Å². The van der Waals surface area contributed by atoms with Gasteiger partial charge in [-0.25, -0.2) is 4.99 Å². The van der Waals surface area contributed by atoms with Crippen LogP contribution in [0.15, 0.2) is 39.8 Å². The van der Waals surface area contributed by atoms with Gasteiger partial charge in [0.05, 0.1) is 17.6 Å². The van der Waals surface area contributed by atoms with Crippen LogP contribution < -0.4 is 5.73 Å². The maximum Gasteiger partial charge on any atom is 0.255 e. The van der Waals surface area contributed by atoms with Crippen molar-refractivity contribution >= 4 is 29.5 Å². The van der Waals surface area contributed by atoms with Gasteiger partial charge in [-0.1, -0.05) is 0 Å². The zero-order valence-corrected chi connectivity index (χ0v) is 17.5. The van der Waals surface area contributed by atoms with Crippen molar-refractivity contribution < 1.29 is 34.8 Å². The van der Waals surface area contributed by atoms with Crippen molar-refractivity contribution in [1.82, 2.24) is 4.90 Å². The molecule has 0 aliphatic heterocycles. The Kier molecular flexibility index (Phi) is 4.85. The minimum Gasteiger partial charge on any atom is -0.511 e. The van der Waals surface area contributed by atoms with Gasteiger partial charge in [0.15, 0.2) is 11.4 Å². The second-order valence-corrected chi connectivity index (χ2v) is 8.58. The van der Waals surface area contributed by atoms with Gasteiger partial charge in [-0.05, 0) is 36.5 Å². The molecule has 0 unspecified atom stereocenters. The van der Waals surface area contributed by atoms with Gasteiger partial charge >= 0.3 is 0 Å². The van der Waals surface area contributed by atoms with E-state index in [1.807, 2.05) is 0 Å². The zero-order valence-electron chi connectivity index (χ0n) is 17.5. The van der Waals surface area contributed by atoms with E-state index in [1.54, 1.807) is 31.4 Å². The summed E-state index contributed by atoms with van der Waals surface area (Å²) < 4.78 is 0. The molecule has 0 heterocycles. The van der Waals surface area contributed by atoms with Gasteiger partial charge in [0.1, 0.15) is 22.8 Å². The lowest BCUT2D eigenvalue weighted by atomic mass is 9.60. The molecule has 0 saturated carbocycles. The monoisotopic (exact) mass is 441 g/mol. The number of fused-ring (bicyclic) bond motifs is 3. The van der Waals surface area contributed by atoms with Crippen molar-refractivity contribution in [2.75, 3.05) is 14.1 Å². The highest BCUT2D eigenvalue weighted by Gasteiger charge is 2.59. The van der Waals surface area contributed by atoms with Crippen LogP contribution in [0.25, 0.3) is 0 Å². The molecule has 10 heteroatoms. The molecule has 3 aliphatic rings. The highest BCUT2D eigenvalue weighted by Crippen LogP contribution is 2.52. The Morgan fingerprint density at radius 1 is 1.22 bits per heavy atom. The number of allylic oxidation sites excluding steroid dienone is 2. The minimum atomic E-state index is -2.56. The summed E-state index contributed by atoms with van der Waals surface area (Å²) in [5.74, 6) is -6.50. The summed E-state index contributed by atoms with van der Waals surface area (Å²) in [7, 11) is 3.56. The molecule has 32 heavy (non-hydrogen) atoms. The summed E-state index contributed by atoms with van der Waals surface area (Å²) in [6.07, 6.45) is 1.58. The number of primary amides is 1. The predicted molar refractivity (Wildman–Crippen MR) is 113 cm³/mol. The van der Waals surface area contributed by atoms with E-state index in [4.69, 9.17) is 5.73 Å². The maximum absolute atomic E-state index is 13.4. The number of rotatable bonds is 3. The number of benzene rings is 1. The van der Waals surface area contributed by atoms with Crippen molar-refractivity contribution in [3.8, 4) is 5.75 Å². The largest absolute Gasteiger partial charge is 0.511 e. The van der Waals surface area contributed by atoms with Crippen LogP contribution in [0.5, 0.6) is 5.75 Å². The quantitative estimate of drug-likeness (QED) is 0.260. The van der Waals surface area contributed by atoms with E-state index in [9.17, 15) is 34.8 Å². The Bertz CT molecular complexity index is 1160. The Balaban J connectivity index is 1.88. The third kappa shape index (κ3) is 2.90. The molecule has 0 spiro atoms. The third-order valence-corrected chi connectivity index (χ3v) is 6.35. The first-order valence-electron chi connectivity index (χ1n) is 10.0. The second kappa shape index (κ2) is 7.20. The number of phenolic OH excluding ortho intramolecular Hbond substituents is 1. The Hall–Kier alpha value is -3.66. The van der Waals surface area contributed by atoms with Crippen LogP contribution in [-0.2, 0) is 16.0 Å². The van der Waals surface area contributed by atoms with Crippen LogP contribution >= 0.6 is 0 Å². The fourth-order valence-corrected chi connectivity index (χ4v) is 4.90. The smallest absolute Gasteiger partial charge is 0.255 e. The molecule has 6 N–H and O–H groups in total. The molecule has 3 atom stereocenters. The lowest BCUT2D eigenvalue weighted by Crippen LogP contribution is -2.57. The zero-order chi connectivity index (χ0) is 23.5. The third-order valence-electron chi connectivity index (χ3n) is 6.35. The van der Waals surface area contributed by atoms with Crippen molar-refractivity contribution in [2.24, 2.45) is 22.6 Å². The molecule has 1 amide bonds. The van der Waals surface area contributed by atoms with E-state index in [2.05, 4.69) is 4.99 Å². The first kappa shape index (κ1) is 21.6. The fourth-order valence-electron chi connectivity index (χ4n) is 4.90. The standard InChI is InChI=1S/C22H23N3O7/c1-25(2)8-24-12-3-4-13(26)16-11(12)6-9-5-10-7-14(27)17(21(23)31)20(30)22(10,32)19(29)15(9)18(16)28/h3-4,8-10,26-27,29,32H,5-7H2,1-2H3,(H2,23,31)/b24-8+/t9-,10+,22+/m1/s1. The number of aliphatic hydroxyl groups is 3. The van der Waals surface area contributed by atoms with E-state index in [0.29, 0.717) is 11.3 Å². The summed E-state index contributed by atoms with van der Waals surface area (Å²) >= 11 is 0. The van der Waals surface area contributed by atoms with Gasteiger partial charge in [0, 0.05) is 32.0 Å². The number of Topliss-reactive ketones (excluding diaryl/α,β-unsaturated/α-hetero) is 2. The van der Waals surface area contributed by atoms with Gasteiger partial charge in [0.2, 0.25) is 5.78 Å². The average Bonchev–Trinajstić information content (AvgIpc) is 2.69. The van der Waals surface area contributed by atoms with E-state index in [1.165, 1.54) is 6.07 Å². The highest BCUT2D eigenvalue weighted by molar-refractivity contribution is 6.24. The van der Waals surface area contributed by atoms with Crippen LogP contribution in [-0.4, -0.2) is 68.8 Å². The first-order chi connectivity index (χ1) is 15.0. The SMILES string of the molecule is CN(C)/C=N/c1ccc(O)c2c1C[C@H]1C[C@H]3CC(O)=C(C(N)=O)C(=O)[C@@]3(O)C(O)=C1C2=O. The molecule has 10 nitrogen and oxygen atoms in total. The van der Waals surface area contributed by atoms with E-state index in [0.717, 1.165) is 0 Å². The number of hydrogen-bond acceptors (Lipinski definition) is 8. The van der Waals surface area contributed by atoms with Gasteiger partial charge in [-0.2, -0.15) is 0 Å². The summed E-state index contributed by atoms with van der Waals surface area (Å²) in [5.41, 5.74) is 2.53. The normalized spacial score (nSPS) is 27.3. The molecule has 0 fully saturated rings. The molecule has 4 rings (SSSR count). The molecule has 1 aromatic carbocycles. The minimum absolute atomic E-state index is 0.0602. The molecule has 3 aliphatic carbocycles. The highest BCUT2D eigenvalue weighted by atomic mass is 16.3. The fraction of sp³-hybridized carbons (Fsp3) is 0.364. The summed E-state index contributed by atoms with van der Waals surface area (Å²) in [5, 5.41) is 42.7. The van der Waals surface area contributed by atoms with E-state index in [-0.39, 0.29) is 36.1 Å². The molecular formula is C22H23N3O7. The molecule has 0 radical (unpaired) electrons. The van der Waals surface area contributed by atoms with Gasteiger partial charge in [-0.15, -0.1) is 0 Å². The molecular weight excluding hydrogens is 418 g/mol. The van der Waals surface area contributed by atoms with Crippen molar-refractivity contribution in [3.63, 3.8) is 0 Å². The summed E-state index contributed by atoms with van der Waals surface area (Å²) in [4.78, 5) is 44.0. The Labute approximate surface area is 183 Å². The number of amides is 1. The second-order valence-electron chi connectivity index (χ2n) is 8.58. The molecule has 0 saturated heterocycles. The molecule has 0 bridgehead atoms. The lowest BCUT2D eigenvalue weighted by Gasteiger charge is -2.45. The van der Waals surface area contributed by atoms with Crippen molar-refractivity contribution in [1.29, 1.82) is 0 Å². The number of carbonyl (C=O) groups excluding carboxylic acids is 3. The van der Waals surface area contributed by atoms with Gasteiger partial charge in [0.25, 0.3) is 5.91 Å². The summed E-state index contributed by atoms with van der Waals surface area (Å²) in [6, 6.07) is 2.89. The number of phenols is 1. The topological polar surface area (TPSA) is 174 Å². The number of aromatic hydroxyl groups is 1. The van der Waals surface area contributed by atoms with Crippen LogP contribution in [0, 0.1) is 11.8 Å². The summed E-state index contributed by atoms with van der Waals surface area (Å²) in [6.45, 7) is 0. The molecule has 1 aromatic rings. The van der Waals surface area contributed by atoms with E-state index >= 15 is 0 Å². The van der Waals surface area contributed by atoms with Crippen LogP contribution in [0.4, 0.5) is 5.69 Å². The Morgan fingerprint density at radius 2 is 1.91 bits per heavy atom. The van der Waals surface area contributed by atoms with Crippen molar-refractivity contribution in [2.45, 2.75) is 24.9 Å². The lowest BCUT2D eigenvalue weighted by molar-refractivity contribution is -0.144. The number of ketones is 2. The van der Waals surface area contributed by atoms with Gasteiger partial charge in [-0.3, -0.25) is 14.4 Å². The molecule has 168 valence electrons. The number of carbonyl (C=O) groups is 3. The van der Waals surface area contributed by atoms with E-state index < -0.39 is 52.0 Å². The number of aliphatic imine (C=N–C) groups is 1. The van der Waals surface area contributed by atoms with Crippen LogP contribution in [0.1, 0.15) is 28.8 Å². The number of hydrogen-bond donors (Lipinski definition) is 5. The average molecular weight is 441 g/mol. The van der Waals surface area contributed by atoms with Gasteiger partial charge < -0.3 is 31.1 Å².